The number of hydrogen-bond donors (Lipinski definition) is 2. The van der Waals surface area contributed by atoms with E-state index in [-0.39, 0.29) is 5.56 Å². The van der Waals surface area contributed by atoms with Crippen LogP contribution in [0.5, 0.6) is 5.75 Å². The third-order valence-electron chi connectivity index (χ3n) is 5.36. The van der Waals surface area contributed by atoms with Crippen molar-refractivity contribution in [2.75, 3.05) is 13.7 Å². The van der Waals surface area contributed by atoms with Crippen LogP contribution >= 0.6 is 0 Å². The van der Waals surface area contributed by atoms with Crippen molar-refractivity contribution in [2.24, 2.45) is 0 Å². The summed E-state index contributed by atoms with van der Waals surface area (Å²) in [4.78, 5) is 33.8. The van der Waals surface area contributed by atoms with Gasteiger partial charge in [-0.1, -0.05) is 0 Å². The summed E-state index contributed by atoms with van der Waals surface area (Å²) in [5.74, 6) is 1.35. The number of fused-ring (bicyclic) bond motifs is 2. The largest absolute Gasteiger partial charge is 0.497 e. The van der Waals surface area contributed by atoms with Crippen LogP contribution in [0, 0.1) is 0 Å². The van der Waals surface area contributed by atoms with Gasteiger partial charge in [-0.05, 0) is 30.2 Å². The standard InChI is InChI=1S/C21H20N6O2/c1-29-15-2-3-18-17(6-15)14(9-24-18)10-27-5-4-16-19(11-27)25-20(26-21(16)28)13-7-22-12-23-8-13/h2-3,6-9,12,24H,4-5,10-11H2,1H3,(H,25,26,28). The Labute approximate surface area is 166 Å². The number of nitrogens with one attached hydrogen (secondary N) is 2. The fourth-order valence-electron chi connectivity index (χ4n) is 3.84. The Morgan fingerprint density at radius 1 is 1.24 bits per heavy atom. The van der Waals surface area contributed by atoms with E-state index in [0.717, 1.165) is 41.0 Å². The van der Waals surface area contributed by atoms with Crippen molar-refractivity contribution in [1.82, 2.24) is 29.8 Å². The van der Waals surface area contributed by atoms with Gasteiger partial charge in [-0.2, -0.15) is 0 Å². The number of hydrogen-bond acceptors (Lipinski definition) is 6. The minimum atomic E-state index is -0.0784. The quantitative estimate of drug-likeness (QED) is 0.556. The zero-order valence-corrected chi connectivity index (χ0v) is 16.0. The van der Waals surface area contributed by atoms with Crippen LogP contribution in [-0.2, 0) is 19.5 Å². The summed E-state index contributed by atoms with van der Waals surface area (Å²) in [5.41, 5.74) is 4.49. The molecule has 0 unspecified atom stereocenters. The third kappa shape index (κ3) is 3.27. The van der Waals surface area contributed by atoms with E-state index >= 15 is 0 Å². The van der Waals surface area contributed by atoms with Crippen LogP contribution < -0.4 is 10.3 Å². The molecule has 0 radical (unpaired) electrons. The number of nitrogens with zero attached hydrogens (tertiary/aromatic N) is 4. The number of benzene rings is 1. The number of ether oxygens (including phenoxy) is 1. The molecule has 4 heterocycles. The molecule has 0 fully saturated rings. The lowest BCUT2D eigenvalue weighted by atomic mass is 10.0. The van der Waals surface area contributed by atoms with E-state index in [9.17, 15) is 4.79 Å². The number of aromatic amines is 2. The maximum atomic E-state index is 12.6. The van der Waals surface area contributed by atoms with E-state index < -0.39 is 0 Å². The molecule has 4 aromatic rings. The Bertz CT molecular complexity index is 1230. The highest BCUT2D eigenvalue weighted by Crippen LogP contribution is 2.26. The van der Waals surface area contributed by atoms with Crippen LogP contribution in [0.4, 0.5) is 0 Å². The fourth-order valence-corrected chi connectivity index (χ4v) is 3.84. The molecule has 0 atom stereocenters. The van der Waals surface area contributed by atoms with Crippen molar-refractivity contribution in [3.05, 3.63) is 70.3 Å². The van der Waals surface area contributed by atoms with E-state index in [2.05, 4.69) is 30.9 Å². The average Bonchev–Trinajstić information content (AvgIpc) is 3.16. The summed E-state index contributed by atoms with van der Waals surface area (Å²) in [7, 11) is 1.67. The van der Waals surface area contributed by atoms with E-state index in [0.29, 0.717) is 24.4 Å². The fraction of sp³-hybridized carbons (Fsp3) is 0.238. The number of H-pyrrole nitrogens is 2. The van der Waals surface area contributed by atoms with Crippen molar-refractivity contribution in [2.45, 2.75) is 19.5 Å². The smallest absolute Gasteiger partial charge is 0.254 e. The molecule has 5 rings (SSSR count). The van der Waals surface area contributed by atoms with Gasteiger partial charge in [-0.25, -0.2) is 15.0 Å². The lowest BCUT2D eigenvalue weighted by Crippen LogP contribution is -2.35. The zero-order valence-electron chi connectivity index (χ0n) is 16.0. The highest BCUT2D eigenvalue weighted by atomic mass is 16.5. The van der Waals surface area contributed by atoms with E-state index in [1.807, 2.05) is 18.3 Å². The molecule has 0 amide bonds. The number of rotatable bonds is 4. The second-order valence-electron chi connectivity index (χ2n) is 7.15. The van der Waals surface area contributed by atoms with Crippen LogP contribution in [-0.4, -0.2) is 43.5 Å². The third-order valence-corrected chi connectivity index (χ3v) is 5.36. The molecule has 3 aromatic heterocycles. The lowest BCUT2D eigenvalue weighted by Gasteiger charge is -2.27. The predicted octanol–water partition coefficient (Wildman–Crippen LogP) is 2.28. The Kier molecular flexibility index (Phi) is 4.33. The van der Waals surface area contributed by atoms with Crippen LogP contribution in [0.25, 0.3) is 22.3 Å². The summed E-state index contributed by atoms with van der Waals surface area (Å²) < 4.78 is 5.37. The molecule has 146 valence electrons. The van der Waals surface area contributed by atoms with Gasteiger partial charge >= 0.3 is 0 Å². The van der Waals surface area contributed by atoms with Crippen molar-refractivity contribution >= 4 is 10.9 Å². The first kappa shape index (κ1) is 17.6. The zero-order chi connectivity index (χ0) is 19.8. The minimum absolute atomic E-state index is 0.0784. The molecule has 29 heavy (non-hydrogen) atoms. The summed E-state index contributed by atoms with van der Waals surface area (Å²) in [6.45, 7) is 2.20. The van der Waals surface area contributed by atoms with Crippen molar-refractivity contribution in [1.29, 1.82) is 0 Å². The van der Waals surface area contributed by atoms with Gasteiger partial charge in [0.2, 0.25) is 0 Å². The molecule has 8 heteroatoms. The van der Waals surface area contributed by atoms with Gasteiger partial charge in [0.1, 0.15) is 17.9 Å². The maximum absolute atomic E-state index is 12.6. The summed E-state index contributed by atoms with van der Waals surface area (Å²) in [6.07, 6.45) is 7.47. The Hall–Kier alpha value is -3.52. The SMILES string of the molecule is COc1ccc2[nH]cc(CN3CCc4c(nc(-c5cncnc5)[nH]c4=O)C3)c2c1. The number of aromatic nitrogens is 5. The van der Waals surface area contributed by atoms with Gasteiger partial charge < -0.3 is 14.7 Å². The second-order valence-corrected chi connectivity index (χ2v) is 7.15. The first-order valence-electron chi connectivity index (χ1n) is 9.45. The van der Waals surface area contributed by atoms with E-state index in [1.54, 1.807) is 19.5 Å². The molecule has 0 aliphatic carbocycles. The topological polar surface area (TPSA) is 99.8 Å². The van der Waals surface area contributed by atoms with E-state index in [4.69, 9.17) is 9.72 Å². The van der Waals surface area contributed by atoms with Crippen molar-refractivity contribution < 1.29 is 4.74 Å². The minimum Gasteiger partial charge on any atom is -0.497 e. The molecule has 8 nitrogen and oxygen atoms in total. The van der Waals surface area contributed by atoms with Crippen LogP contribution in [0.2, 0.25) is 0 Å². The first-order chi connectivity index (χ1) is 14.2. The normalized spacial score (nSPS) is 14.1. The molecule has 0 saturated carbocycles. The van der Waals surface area contributed by atoms with Crippen LogP contribution in [0.1, 0.15) is 16.8 Å². The Morgan fingerprint density at radius 3 is 2.93 bits per heavy atom. The van der Waals surface area contributed by atoms with Gasteiger partial charge in [0.25, 0.3) is 5.56 Å². The monoisotopic (exact) mass is 388 g/mol. The molecule has 0 saturated heterocycles. The van der Waals surface area contributed by atoms with Gasteiger partial charge in [0.05, 0.1) is 18.4 Å². The van der Waals surface area contributed by atoms with Crippen LogP contribution in [0.15, 0.2) is 47.9 Å². The number of methoxy groups -OCH3 is 1. The molecule has 1 aliphatic heterocycles. The van der Waals surface area contributed by atoms with Gasteiger partial charge in [-0.15, -0.1) is 0 Å². The van der Waals surface area contributed by atoms with Gasteiger partial charge in [0.15, 0.2) is 0 Å². The van der Waals surface area contributed by atoms with Gasteiger partial charge in [-0.3, -0.25) is 9.69 Å². The molecule has 0 spiro atoms. The Morgan fingerprint density at radius 2 is 2.10 bits per heavy atom. The van der Waals surface area contributed by atoms with Crippen molar-refractivity contribution in [3.8, 4) is 17.1 Å². The lowest BCUT2D eigenvalue weighted by molar-refractivity contribution is 0.241. The highest BCUT2D eigenvalue weighted by Gasteiger charge is 2.22. The summed E-state index contributed by atoms with van der Waals surface area (Å²) in [5, 5.41) is 1.15. The first-order valence-corrected chi connectivity index (χ1v) is 9.45. The highest BCUT2D eigenvalue weighted by molar-refractivity contribution is 5.84. The molecular formula is C21H20N6O2. The maximum Gasteiger partial charge on any atom is 0.254 e. The predicted molar refractivity (Wildman–Crippen MR) is 109 cm³/mol. The molecular weight excluding hydrogens is 368 g/mol. The second kappa shape index (κ2) is 7.14. The Balaban J connectivity index is 1.44. The molecule has 1 aromatic carbocycles. The van der Waals surface area contributed by atoms with E-state index in [1.165, 1.54) is 11.9 Å². The molecule has 1 aliphatic rings. The summed E-state index contributed by atoms with van der Waals surface area (Å²) >= 11 is 0. The summed E-state index contributed by atoms with van der Waals surface area (Å²) in [6, 6.07) is 6.03. The van der Waals surface area contributed by atoms with Gasteiger partial charge in [0, 0.05) is 54.7 Å². The molecule has 0 bridgehead atoms. The molecule has 2 N–H and O–H groups in total. The average molecular weight is 388 g/mol. The van der Waals surface area contributed by atoms with Crippen LogP contribution in [0.3, 0.4) is 0 Å². The van der Waals surface area contributed by atoms with Crippen molar-refractivity contribution in [3.63, 3.8) is 0 Å².